The van der Waals surface area contributed by atoms with Crippen LogP contribution in [-0.4, -0.2) is 12.2 Å². The number of nitrogens with two attached hydrogens (primary N) is 2. The number of guanidine groups is 1. The van der Waals surface area contributed by atoms with Gasteiger partial charge in [-0.05, 0) is 6.42 Å². The molecule has 0 aliphatic carbocycles. The van der Waals surface area contributed by atoms with Crippen molar-refractivity contribution in [2.45, 2.75) is 19.8 Å². The van der Waals surface area contributed by atoms with Crippen LogP contribution in [0, 0.1) is 0 Å². The summed E-state index contributed by atoms with van der Waals surface area (Å²) < 4.78 is 0. The Kier molecular flexibility index (Phi) is 4.49. The third kappa shape index (κ3) is 4.80. The van der Waals surface area contributed by atoms with Crippen molar-refractivity contribution >= 4 is 12.2 Å². The number of aliphatic imine (C=N–C) groups is 1. The molecule has 0 rings (SSSR count). The van der Waals surface area contributed by atoms with Gasteiger partial charge in [0.25, 0.3) is 0 Å². The quantitative estimate of drug-likeness (QED) is 0.238. The Morgan fingerprint density at radius 1 is 1.67 bits per heavy atom. The van der Waals surface area contributed by atoms with Gasteiger partial charge >= 0.3 is 0 Å². The smallest absolute Gasteiger partial charge is 0.236 e. The fraction of sp³-hybridized carbons (Fsp3) is 0.600. The number of unbranched alkanes of at least 4 members (excludes halogenated alkanes) is 1. The second kappa shape index (κ2) is 5.08. The van der Waals surface area contributed by atoms with Crippen molar-refractivity contribution in [2.75, 3.05) is 0 Å². The summed E-state index contributed by atoms with van der Waals surface area (Å²) >= 11 is 0. The van der Waals surface area contributed by atoms with E-state index in [2.05, 4.69) is 17.0 Å². The molecule has 4 heteroatoms. The highest BCUT2D eigenvalue weighted by Gasteiger charge is 1.78. The van der Waals surface area contributed by atoms with Crippen LogP contribution in [0.4, 0.5) is 0 Å². The molecule has 0 aromatic rings. The van der Waals surface area contributed by atoms with Crippen LogP contribution in [0.3, 0.4) is 0 Å². The van der Waals surface area contributed by atoms with Gasteiger partial charge in [0.1, 0.15) is 0 Å². The van der Waals surface area contributed by atoms with Gasteiger partial charge in [0.2, 0.25) is 5.96 Å². The minimum Gasteiger partial charge on any atom is -0.367 e. The molecule has 0 aromatic heterocycles. The lowest BCUT2D eigenvalue weighted by Gasteiger charge is -1.85. The largest absolute Gasteiger partial charge is 0.367 e. The zero-order valence-corrected chi connectivity index (χ0v) is 5.54. The summed E-state index contributed by atoms with van der Waals surface area (Å²) in [6, 6.07) is 0. The molecule has 0 bridgehead atoms. The van der Waals surface area contributed by atoms with Gasteiger partial charge < -0.3 is 11.6 Å². The topological polar surface area (TPSA) is 76.8 Å². The highest BCUT2D eigenvalue weighted by molar-refractivity contribution is 5.85. The molecule has 0 heterocycles. The molecule has 0 fully saturated rings. The van der Waals surface area contributed by atoms with E-state index in [-0.39, 0.29) is 5.96 Å². The molecule has 0 unspecified atom stereocenters. The van der Waals surface area contributed by atoms with E-state index in [1.54, 1.807) is 6.21 Å². The third-order valence-electron chi connectivity index (χ3n) is 0.774. The average Bonchev–Trinajstić information content (AvgIpc) is 1.89. The number of nitrogens with zero attached hydrogens (tertiary/aromatic N) is 2. The summed E-state index contributed by atoms with van der Waals surface area (Å²) in [6.45, 7) is 2.06. The molecule has 0 saturated heterocycles. The minimum absolute atomic E-state index is 0.128. The van der Waals surface area contributed by atoms with Gasteiger partial charge in [-0.3, -0.25) is 0 Å². The number of hydrogen-bond acceptors (Lipinski definition) is 2. The zero-order valence-electron chi connectivity index (χ0n) is 5.54. The minimum atomic E-state index is 0.128. The monoisotopic (exact) mass is 128 g/mol. The van der Waals surface area contributed by atoms with Gasteiger partial charge in [0, 0.05) is 6.21 Å². The predicted octanol–water partition coefficient (Wildman–Crippen LogP) is 0.0457. The first kappa shape index (κ1) is 7.94. The summed E-state index contributed by atoms with van der Waals surface area (Å²) in [6.07, 6.45) is 3.67. The number of rotatable bonds is 2. The molecule has 0 saturated carbocycles. The molecule has 9 heavy (non-hydrogen) atoms. The average molecular weight is 128 g/mol. The molecule has 0 atom stereocenters. The van der Waals surface area contributed by atoms with Crippen LogP contribution in [-0.2, 0) is 0 Å². The fourth-order valence-electron chi connectivity index (χ4n) is 0.321. The third-order valence-corrected chi connectivity index (χ3v) is 0.774. The Morgan fingerprint density at radius 3 is 2.78 bits per heavy atom. The van der Waals surface area contributed by atoms with Crippen LogP contribution >= 0.6 is 0 Å². The molecule has 0 aliphatic heterocycles. The van der Waals surface area contributed by atoms with Crippen LogP contribution < -0.4 is 11.6 Å². The van der Waals surface area contributed by atoms with Crippen molar-refractivity contribution in [3.8, 4) is 0 Å². The maximum absolute atomic E-state index is 5.14. The molecular weight excluding hydrogens is 116 g/mol. The van der Waals surface area contributed by atoms with E-state index in [0.717, 1.165) is 12.8 Å². The molecule has 0 aromatic carbocycles. The van der Waals surface area contributed by atoms with Crippen LogP contribution in [0.1, 0.15) is 19.8 Å². The standard InChI is InChI=1S/C5H12N4/c1-2-3-4-8-5(6)9-7/h4H,2-3,7H2,1H3,(H2,6,9). The summed E-state index contributed by atoms with van der Waals surface area (Å²) in [5.74, 6) is 4.93. The van der Waals surface area contributed by atoms with Crippen molar-refractivity contribution in [1.29, 1.82) is 0 Å². The summed E-state index contributed by atoms with van der Waals surface area (Å²) in [4.78, 5) is 3.71. The van der Waals surface area contributed by atoms with E-state index >= 15 is 0 Å². The van der Waals surface area contributed by atoms with Crippen molar-refractivity contribution < 1.29 is 0 Å². The van der Waals surface area contributed by atoms with Gasteiger partial charge in [0.05, 0.1) is 0 Å². The van der Waals surface area contributed by atoms with Gasteiger partial charge in [-0.25, -0.2) is 4.99 Å². The van der Waals surface area contributed by atoms with Crippen LogP contribution in [0.15, 0.2) is 10.1 Å². The fourth-order valence-corrected chi connectivity index (χ4v) is 0.321. The maximum Gasteiger partial charge on any atom is 0.236 e. The number of hydrazone groups is 1. The lowest BCUT2D eigenvalue weighted by Crippen LogP contribution is -2.10. The van der Waals surface area contributed by atoms with Crippen molar-refractivity contribution in [3.05, 3.63) is 0 Å². The Bertz CT molecular complexity index is 116. The first-order valence-electron chi connectivity index (χ1n) is 2.87. The van der Waals surface area contributed by atoms with Gasteiger partial charge in [-0.1, -0.05) is 13.3 Å². The molecule has 0 radical (unpaired) electrons. The van der Waals surface area contributed by atoms with Crippen LogP contribution in [0.5, 0.6) is 0 Å². The molecular formula is C5H12N4. The maximum atomic E-state index is 5.14. The first-order chi connectivity index (χ1) is 4.31. The summed E-state index contributed by atoms with van der Waals surface area (Å²) in [5, 5.41) is 3.16. The molecule has 4 N–H and O–H groups in total. The lowest BCUT2D eigenvalue weighted by molar-refractivity contribution is 1.01. The predicted molar refractivity (Wildman–Crippen MR) is 39.2 cm³/mol. The van der Waals surface area contributed by atoms with Crippen molar-refractivity contribution in [2.24, 2.45) is 21.7 Å². The van der Waals surface area contributed by atoms with E-state index in [4.69, 9.17) is 11.6 Å². The Hall–Kier alpha value is -1.06. The summed E-state index contributed by atoms with van der Waals surface area (Å²) in [5.41, 5.74) is 5.14. The summed E-state index contributed by atoms with van der Waals surface area (Å²) in [7, 11) is 0. The normalized spacial score (nSPS) is 12.8. The van der Waals surface area contributed by atoms with Crippen molar-refractivity contribution in [3.63, 3.8) is 0 Å². The molecule has 0 amide bonds. The molecule has 0 spiro atoms. The number of hydrogen-bond donors (Lipinski definition) is 2. The Balaban J connectivity index is 3.45. The second-order valence-electron chi connectivity index (χ2n) is 1.59. The van der Waals surface area contributed by atoms with Crippen LogP contribution in [0.25, 0.3) is 0 Å². The Labute approximate surface area is 54.6 Å². The lowest BCUT2D eigenvalue weighted by atomic mass is 10.4. The SMILES string of the molecule is CCCC=NC(N)=NN. The van der Waals surface area contributed by atoms with Gasteiger partial charge in [-0.2, -0.15) is 0 Å². The van der Waals surface area contributed by atoms with Crippen molar-refractivity contribution in [1.82, 2.24) is 0 Å². The van der Waals surface area contributed by atoms with E-state index in [9.17, 15) is 0 Å². The van der Waals surface area contributed by atoms with E-state index in [1.807, 2.05) is 0 Å². The van der Waals surface area contributed by atoms with Gasteiger partial charge in [0.15, 0.2) is 0 Å². The van der Waals surface area contributed by atoms with E-state index in [1.165, 1.54) is 0 Å². The first-order valence-corrected chi connectivity index (χ1v) is 2.87. The van der Waals surface area contributed by atoms with Crippen LogP contribution in [0.2, 0.25) is 0 Å². The molecule has 52 valence electrons. The van der Waals surface area contributed by atoms with Gasteiger partial charge in [-0.15, -0.1) is 5.10 Å². The Morgan fingerprint density at radius 2 is 2.33 bits per heavy atom. The van der Waals surface area contributed by atoms with E-state index < -0.39 is 0 Å². The highest BCUT2D eigenvalue weighted by Crippen LogP contribution is 1.79. The highest BCUT2D eigenvalue weighted by atomic mass is 15.2. The zero-order chi connectivity index (χ0) is 7.11. The molecule has 0 aliphatic rings. The van der Waals surface area contributed by atoms with E-state index in [0.29, 0.717) is 0 Å². The molecule has 4 nitrogen and oxygen atoms in total. The second-order valence-corrected chi connectivity index (χ2v) is 1.59.